The highest BCUT2D eigenvalue weighted by Crippen LogP contribution is 2.17. The van der Waals surface area contributed by atoms with Crippen molar-refractivity contribution in [1.29, 1.82) is 0 Å². The van der Waals surface area contributed by atoms with Gasteiger partial charge in [0.1, 0.15) is 0 Å². The minimum absolute atomic E-state index is 0.0911. The van der Waals surface area contributed by atoms with Gasteiger partial charge in [-0.1, -0.05) is 60.7 Å². The highest BCUT2D eigenvalue weighted by atomic mass is 32.2. The Morgan fingerprint density at radius 1 is 0.477 bits per heavy atom. The lowest BCUT2D eigenvalue weighted by atomic mass is 10.1. The van der Waals surface area contributed by atoms with Gasteiger partial charge in [-0.25, -0.2) is 26.3 Å². The molecule has 0 heterocycles. The molecule has 10 nitrogen and oxygen atoms in total. The average molecular weight is 635 g/mol. The molecule has 0 spiro atoms. The van der Waals surface area contributed by atoms with E-state index in [1.54, 1.807) is 0 Å². The molecule has 0 saturated carbocycles. The van der Waals surface area contributed by atoms with Crippen molar-refractivity contribution in [1.82, 2.24) is 9.44 Å². The molecule has 0 fully saturated rings. The average Bonchev–Trinajstić information content (AvgIpc) is 3.03. The fourth-order valence-electron chi connectivity index (χ4n) is 4.17. The van der Waals surface area contributed by atoms with Crippen LogP contribution in [0.2, 0.25) is 0 Å². The Hall–Kier alpha value is -4.36. The van der Waals surface area contributed by atoms with Gasteiger partial charge < -0.3 is 10.6 Å². The molecule has 0 unspecified atom stereocenters. The van der Waals surface area contributed by atoms with Crippen LogP contribution in [0.25, 0.3) is 0 Å². The summed E-state index contributed by atoms with van der Waals surface area (Å²) in [7, 11) is -7.41. The smallest absolute Gasteiger partial charge is 0.240 e. The van der Waals surface area contributed by atoms with Crippen molar-refractivity contribution in [2.75, 3.05) is 10.6 Å². The topological polar surface area (TPSA) is 151 Å². The molecule has 4 N–H and O–H groups in total. The SMILES string of the molecule is O=C(CCCCC(=O)Nc1ccc(S(=O)(=O)NCc2ccccc2)cc1)Nc1ccc(S(=O)(=O)NCc2ccccc2)cc1. The van der Waals surface area contributed by atoms with Gasteiger partial charge in [0.15, 0.2) is 0 Å². The van der Waals surface area contributed by atoms with Crippen LogP contribution in [0, 0.1) is 0 Å². The van der Waals surface area contributed by atoms with E-state index in [0.29, 0.717) is 24.2 Å². The van der Waals surface area contributed by atoms with Gasteiger partial charge in [0.05, 0.1) is 9.79 Å². The van der Waals surface area contributed by atoms with Gasteiger partial charge in [0.25, 0.3) is 0 Å². The van der Waals surface area contributed by atoms with E-state index in [9.17, 15) is 26.4 Å². The first kappa shape index (κ1) is 32.6. The van der Waals surface area contributed by atoms with Gasteiger partial charge in [-0.2, -0.15) is 0 Å². The molecule has 4 rings (SSSR count). The zero-order valence-electron chi connectivity index (χ0n) is 23.9. The molecule has 4 aromatic rings. The number of amides is 2. The monoisotopic (exact) mass is 634 g/mol. The third-order valence-electron chi connectivity index (χ3n) is 6.57. The van der Waals surface area contributed by atoms with Crippen molar-refractivity contribution in [2.45, 2.75) is 48.6 Å². The van der Waals surface area contributed by atoms with Crippen LogP contribution < -0.4 is 20.1 Å². The minimum atomic E-state index is -3.70. The summed E-state index contributed by atoms with van der Waals surface area (Å²) >= 11 is 0. The van der Waals surface area contributed by atoms with Crippen LogP contribution in [0.1, 0.15) is 36.8 Å². The molecule has 0 aliphatic carbocycles. The summed E-state index contributed by atoms with van der Waals surface area (Å²) < 4.78 is 55.3. The molecule has 12 heteroatoms. The number of carbonyl (C=O) groups is 2. The zero-order chi connectivity index (χ0) is 31.4. The van der Waals surface area contributed by atoms with Crippen LogP contribution in [0.4, 0.5) is 11.4 Å². The van der Waals surface area contributed by atoms with Crippen LogP contribution in [0.3, 0.4) is 0 Å². The van der Waals surface area contributed by atoms with Gasteiger partial charge in [-0.3, -0.25) is 9.59 Å². The Kier molecular flexibility index (Phi) is 11.4. The molecule has 230 valence electrons. The molecule has 2 amide bonds. The molecular formula is C32H34N4O6S2. The summed E-state index contributed by atoms with van der Waals surface area (Å²) in [6.45, 7) is 0.340. The number of sulfonamides is 2. The van der Waals surface area contributed by atoms with Crippen molar-refractivity contribution < 1.29 is 26.4 Å². The normalized spacial score (nSPS) is 11.5. The number of benzene rings is 4. The fourth-order valence-corrected chi connectivity index (χ4v) is 6.20. The van der Waals surface area contributed by atoms with E-state index in [1.165, 1.54) is 48.5 Å². The Balaban J connectivity index is 1.14. The molecule has 0 aliphatic rings. The predicted octanol–water partition coefficient (Wildman–Crippen LogP) is 4.78. The molecule has 4 aromatic carbocycles. The summed E-state index contributed by atoms with van der Waals surface area (Å²) in [5, 5.41) is 5.47. The van der Waals surface area contributed by atoms with Gasteiger partial charge in [-0.15, -0.1) is 0 Å². The van der Waals surface area contributed by atoms with Crippen molar-refractivity contribution in [3.05, 3.63) is 120 Å². The number of nitrogens with one attached hydrogen (secondary N) is 4. The first-order valence-electron chi connectivity index (χ1n) is 14.0. The third-order valence-corrected chi connectivity index (χ3v) is 9.41. The number of rotatable bonds is 15. The lowest BCUT2D eigenvalue weighted by Crippen LogP contribution is -2.23. The van der Waals surface area contributed by atoms with Crippen molar-refractivity contribution in [3.8, 4) is 0 Å². The summed E-state index contributed by atoms with van der Waals surface area (Å²) in [5.74, 6) is -0.498. The summed E-state index contributed by atoms with van der Waals surface area (Å²) in [6.07, 6.45) is 1.32. The van der Waals surface area contributed by atoms with E-state index in [4.69, 9.17) is 0 Å². The van der Waals surface area contributed by atoms with Crippen LogP contribution in [-0.2, 0) is 42.7 Å². The van der Waals surface area contributed by atoms with E-state index in [1.807, 2.05) is 60.7 Å². The third kappa shape index (κ3) is 10.1. The summed E-state index contributed by atoms with van der Waals surface area (Å²) in [6, 6.07) is 30.2. The molecule has 44 heavy (non-hydrogen) atoms. The second kappa shape index (κ2) is 15.4. The molecule has 0 radical (unpaired) electrons. The standard InChI is InChI=1S/C32H34N4O6S2/c37-31(35-27-15-19-29(20-16-27)43(39,40)33-23-25-9-3-1-4-10-25)13-7-8-14-32(38)36-28-17-21-30(22-18-28)44(41,42)34-24-26-11-5-2-6-12-26/h1-6,9-12,15-22,33-34H,7-8,13-14,23-24H2,(H,35,37)(H,36,38). The highest BCUT2D eigenvalue weighted by Gasteiger charge is 2.15. The maximum absolute atomic E-state index is 12.5. The van der Waals surface area contributed by atoms with Crippen molar-refractivity contribution in [3.63, 3.8) is 0 Å². The van der Waals surface area contributed by atoms with Crippen LogP contribution >= 0.6 is 0 Å². The second-order valence-electron chi connectivity index (χ2n) is 9.97. The minimum Gasteiger partial charge on any atom is -0.326 e. The van der Waals surface area contributed by atoms with Crippen LogP contribution in [0.15, 0.2) is 119 Å². The number of carbonyl (C=O) groups excluding carboxylic acids is 2. The molecule has 0 saturated heterocycles. The lowest BCUT2D eigenvalue weighted by molar-refractivity contribution is -0.118. The van der Waals surface area contributed by atoms with E-state index in [0.717, 1.165) is 11.1 Å². The maximum atomic E-state index is 12.5. The van der Waals surface area contributed by atoms with E-state index in [-0.39, 0.29) is 47.5 Å². The van der Waals surface area contributed by atoms with E-state index >= 15 is 0 Å². The molecule has 0 bridgehead atoms. The lowest BCUT2D eigenvalue weighted by Gasteiger charge is -2.09. The number of anilines is 2. The summed E-state index contributed by atoms with van der Waals surface area (Å²) in [4.78, 5) is 24.8. The van der Waals surface area contributed by atoms with E-state index < -0.39 is 20.0 Å². The fraction of sp³-hybridized carbons (Fsp3) is 0.188. The zero-order valence-corrected chi connectivity index (χ0v) is 25.5. The first-order valence-corrected chi connectivity index (χ1v) is 16.9. The van der Waals surface area contributed by atoms with Gasteiger partial charge >= 0.3 is 0 Å². The Labute approximate surface area is 258 Å². The van der Waals surface area contributed by atoms with Gasteiger partial charge in [-0.05, 0) is 72.5 Å². The van der Waals surface area contributed by atoms with E-state index in [2.05, 4.69) is 20.1 Å². The molecule has 0 aliphatic heterocycles. The molecule has 0 aromatic heterocycles. The highest BCUT2D eigenvalue weighted by molar-refractivity contribution is 7.89. The van der Waals surface area contributed by atoms with Gasteiger partial charge in [0, 0.05) is 37.3 Å². The second-order valence-corrected chi connectivity index (χ2v) is 13.5. The largest absolute Gasteiger partial charge is 0.326 e. The number of hydrogen-bond donors (Lipinski definition) is 4. The van der Waals surface area contributed by atoms with Crippen LogP contribution in [0.5, 0.6) is 0 Å². The Bertz CT molecular complexity index is 1610. The maximum Gasteiger partial charge on any atom is 0.240 e. The number of hydrogen-bond acceptors (Lipinski definition) is 6. The first-order chi connectivity index (χ1) is 21.1. The molecular weight excluding hydrogens is 601 g/mol. The van der Waals surface area contributed by atoms with Crippen molar-refractivity contribution >= 4 is 43.2 Å². The predicted molar refractivity (Wildman–Crippen MR) is 170 cm³/mol. The number of unbranched alkanes of at least 4 members (excludes halogenated alkanes) is 1. The summed E-state index contributed by atoms with van der Waals surface area (Å²) in [5.41, 5.74) is 2.62. The quantitative estimate of drug-likeness (QED) is 0.138. The van der Waals surface area contributed by atoms with Gasteiger partial charge in [0.2, 0.25) is 31.9 Å². The molecule has 0 atom stereocenters. The Morgan fingerprint density at radius 3 is 1.16 bits per heavy atom. The van der Waals surface area contributed by atoms with Crippen LogP contribution in [-0.4, -0.2) is 28.6 Å². The Morgan fingerprint density at radius 2 is 0.818 bits per heavy atom. The van der Waals surface area contributed by atoms with Crippen molar-refractivity contribution in [2.24, 2.45) is 0 Å².